The number of aromatic nitrogens is 2. The second-order valence-electron chi connectivity index (χ2n) is 6.58. The van der Waals surface area contributed by atoms with Crippen molar-refractivity contribution in [2.45, 2.75) is 45.2 Å². The van der Waals surface area contributed by atoms with E-state index in [4.69, 9.17) is 5.26 Å². The number of amides is 2. The van der Waals surface area contributed by atoms with E-state index in [1.54, 1.807) is 4.90 Å². The van der Waals surface area contributed by atoms with Gasteiger partial charge in [-0.1, -0.05) is 30.3 Å². The van der Waals surface area contributed by atoms with Gasteiger partial charge in [0, 0.05) is 30.3 Å². The highest BCUT2D eigenvalue weighted by molar-refractivity contribution is 5.89. The number of nitrogens with one attached hydrogen (secondary N) is 1. The van der Waals surface area contributed by atoms with Gasteiger partial charge in [0.15, 0.2) is 0 Å². The van der Waals surface area contributed by atoms with Crippen LogP contribution in [0.1, 0.15) is 39.2 Å². The standard InChI is InChI=1S/C19H23N5O/c1-14(2)24-18(13-17(22-24)15-7-4-3-5-8-15)21-19(25)23(12-6-11-20)16-9-10-16/h3-5,7-8,13-14,16H,6,9-10,12H2,1-2H3,(H,21,25). The first-order valence-corrected chi connectivity index (χ1v) is 8.69. The van der Waals surface area contributed by atoms with Crippen LogP contribution in [0.3, 0.4) is 0 Å². The number of benzene rings is 1. The van der Waals surface area contributed by atoms with E-state index < -0.39 is 0 Å². The fourth-order valence-corrected chi connectivity index (χ4v) is 2.82. The third-order valence-electron chi connectivity index (χ3n) is 4.24. The largest absolute Gasteiger partial charge is 0.323 e. The van der Waals surface area contributed by atoms with Gasteiger partial charge in [-0.3, -0.25) is 5.32 Å². The van der Waals surface area contributed by atoms with Crippen molar-refractivity contribution in [1.82, 2.24) is 14.7 Å². The lowest BCUT2D eigenvalue weighted by molar-refractivity contribution is 0.210. The first kappa shape index (κ1) is 17.0. The lowest BCUT2D eigenvalue weighted by atomic mass is 10.2. The zero-order valence-electron chi connectivity index (χ0n) is 14.6. The Labute approximate surface area is 148 Å². The Morgan fingerprint density at radius 1 is 1.40 bits per heavy atom. The highest BCUT2D eigenvalue weighted by Gasteiger charge is 2.32. The number of carbonyl (C=O) groups is 1. The number of rotatable bonds is 6. The van der Waals surface area contributed by atoms with Crippen molar-refractivity contribution in [3.05, 3.63) is 36.4 Å². The van der Waals surface area contributed by atoms with Gasteiger partial charge >= 0.3 is 6.03 Å². The number of hydrogen-bond acceptors (Lipinski definition) is 3. The summed E-state index contributed by atoms with van der Waals surface area (Å²) < 4.78 is 1.83. The molecule has 0 radical (unpaired) electrons. The number of nitrogens with zero attached hydrogens (tertiary/aromatic N) is 4. The van der Waals surface area contributed by atoms with E-state index in [1.807, 2.05) is 54.9 Å². The molecule has 2 aromatic rings. The summed E-state index contributed by atoms with van der Waals surface area (Å²) in [6.07, 6.45) is 2.37. The predicted octanol–water partition coefficient (Wildman–Crippen LogP) is 4.04. The van der Waals surface area contributed by atoms with Crippen LogP contribution in [-0.2, 0) is 0 Å². The molecule has 0 aliphatic heterocycles. The fourth-order valence-electron chi connectivity index (χ4n) is 2.82. The van der Waals surface area contributed by atoms with Crippen LogP contribution in [0.4, 0.5) is 10.6 Å². The molecule has 130 valence electrons. The molecule has 0 saturated heterocycles. The van der Waals surface area contributed by atoms with Crippen LogP contribution in [0.25, 0.3) is 11.3 Å². The van der Waals surface area contributed by atoms with Gasteiger partial charge in [-0.15, -0.1) is 0 Å². The third-order valence-corrected chi connectivity index (χ3v) is 4.24. The molecule has 1 aromatic heterocycles. The lowest BCUT2D eigenvalue weighted by Crippen LogP contribution is -2.38. The summed E-state index contributed by atoms with van der Waals surface area (Å²) in [5.74, 6) is 0.682. The minimum absolute atomic E-state index is 0.126. The topological polar surface area (TPSA) is 74.0 Å². The molecule has 0 spiro atoms. The van der Waals surface area contributed by atoms with Crippen molar-refractivity contribution in [3.8, 4) is 17.3 Å². The minimum Gasteiger partial charge on any atom is -0.320 e. The molecule has 25 heavy (non-hydrogen) atoms. The molecule has 3 rings (SSSR count). The van der Waals surface area contributed by atoms with Gasteiger partial charge in [0.1, 0.15) is 5.82 Å². The Bertz CT molecular complexity index is 771. The molecule has 1 aliphatic rings. The molecule has 1 N–H and O–H groups in total. The van der Waals surface area contributed by atoms with E-state index in [0.717, 1.165) is 24.1 Å². The molecule has 2 amide bonds. The van der Waals surface area contributed by atoms with E-state index in [0.29, 0.717) is 18.8 Å². The summed E-state index contributed by atoms with van der Waals surface area (Å²) in [7, 11) is 0. The Balaban J connectivity index is 1.82. The van der Waals surface area contributed by atoms with Gasteiger partial charge in [-0.25, -0.2) is 9.48 Å². The normalized spacial score (nSPS) is 13.5. The maximum Gasteiger partial charge on any atom is 0.323 e. The lowest BCUT2D eigenvalue weighted by Gasteiger charge is -2.22. The average molecular weight is 337 g/mol. The summed E-state index contributed by atoms with van der Waals surface area (Å²) in [6, 6.07) is 14.2. The van der Waals surface area contributed by atoms with Crippen LogP contribution in [-0.4, -0.2) is 33.3 Å². The molecule has 1 fully saturated rings. The molecule has 0 bridgehead atoms. The summed E-state index contributed by atoms with van der Waals surface area (Å²) in [5, 5.41) is 16.4. The number of urea groups is 1. The quantitative estimate of drug-likeness (QED) is 0.864. The molecule has 6 heteroatoms. The van der Waals surface area contributed by atoms with Crippen molar-refractivity contribution in [3.63, 3.8) is 0 Å². The highest BCUT2D eigenvalue weighted by Crippen LogP contribution is 2.29. The van der Waals surface area contributed by atoms with Gasteiger partial charge < -0.3 is 4.90 Å². The first-order valence-electron chi connectivity index (χ1n) is 8.69. The average Bonchev–Trinajstić information content (AvgIpc) is 3.35. The smallest absolute Gasteiger partial charge is 0.320 e. The molecule has 1 aromatic carbocycles. The van der Waals surface area contributed by atoms with E-state index in [9.17, 15) is 4.79 Å². The molecular weight excluding hydrogens is 314 g/mol. The number of carbonyl (C=O) groups excluding carboxylic acids is 1. The van der Waals surface area contributed by atoms with Gasteiger partial charge in [0.05, 0.1) is 18.2 Å². The van der Waals surface area contributed by atoms with Gasteiger partial charge in [0.2, 0.25) is 0 Å². The zero-order valence-corrected chi connectivity index (χ0v) is 14.6. The fraction of sp³-hybridized carbons (Fsp3) is 0.421. The van der Waals surface area contributed by atoms with Crippen molar-refractivity contribution in [2.75, 3.05) is 11.9 Å². The van der Waals surface area contributed by atoms with E-state index >= 15 is 0 Å². The van der Waals surface area contributed by atoms with Crippen LogP contribution in [0, 0.1) is 11.3 Å². The van der Waals surface area contributed by atoms with Gasteiger partial charge in [-0.05, 0) is 26.7 Å². The Morgan fingerprint density at radius 2 is 2.12 bits per heavy atom. The summed E-state index contributed by atoms with van der Waals surface area (Å²) >= 11 is 0. The van der Waals surface area contributed by atoms with E-state index in [2.05, 4.69) is 16.5 Å². The van der Waals surface area contributed by atoms with Crippen LogP contribution in [0.15, 0.2) is 36.4 Å². The Morgan fingerprint density at radius 3 is 2.72 bits per heavy atom. The monoisotopic (exact) mass is 337 g/mol. The number of nitriles is 1. The minimum atomic E-state index is -0.154. The Hall–Kier alpha value is -2.81. The predicted molar refractivity (Wildman–Crippen MR) is 97.0 cm³/mol. The molecule has 6 nitrogen and oxygen atoms in total. The van der Waals surface area contributed by atoms with Crippen molar-refractivity contribution in [1.29, 1.82) is 5.26 Å². The van der Waals surface area contributed by atoms with Crippen LogP contribution in [0.5, 0.6) is 0 Å². The summed E-state index contributed by atoms with van der Waals surface area (Å²) in [4.78, 5) is 14.5. The highest BCUT2D eigenvalue weighted by atomic mass is 16.2. The van der Waals surface area contributed by atoms with Gasteiger partial charge in [-0.2, -0.15) is 10.4 Å². The molecule has 0 unspecified atom stereocenters. The molecular formula is C19H23N5O. The number of hydrogen-bond donors (Lipinski definition) is 1. The maximum atomic E-state index is 12.7. The van der Waals surface area contributed by atoms with Crippen LogP contribution < -0.4 is 5.32 Å². The maximum absolute atomic E-state index is 12.7. The second kappa shape index (κ2) is 7.39. The molecule has 1 heterocycles. The summed E-state index contributed by atoms with van der Waals surface area (Å²) in [5.41, 5.74) is 1.85. The second-order valence-corrected chi connectivity index (χ2v) is 6.58. The summed E-state index contributed by atoms with van der Waals surface area (Å²) in [6.45, 7) is 4.53. The van der Waals surface area contributed by atoms with Crippen molar-refractivity contribution < 1.29 is 4.79 Å². The zero-order chi connectivity index (χ0) is 17.8. The van der Waals surface area contributed by atoms with Crippen molar-refractivity contribution in [2.24, 2.45) is 0 Å². The van der Waals surface area contributed by atoms with Crippen molar-refractivity contribution >= 4 is 11.8 Å². The molecule has 1 saturated carbocycles. The van der Waals surface area contributed by atoms with Crippen LogP contribution >= 0.6 is 0 Å². The SMILES string of the molecule is CC(C)n1nc(-c2ccccc2)cc1NC(=O)N(CCC#N)C1CC1. The van der Waals surface area contributed by atoms with E-state index in [-0.39, 0.29) is 18.1 Å². The Kier molecular flexibility index (Phi) is 5.03. The number of anilines is 1. The van der Waals surface area contributed by atoms with E-state index in [1.165, 1.54) is 0 Å². The molecule has 1 aliphatic carbocycles. The van der Waals surface area contributed by atoms with Crippen LogP contribution in [0.2, 0.25) is 0 Å². The van der Waals surface area contributed by atoms with Gasteiger partial charge in [0.25, 0.3) is 0 Å². The molecule has 0 atom stereocenters. The first-order chi connectivity index (χ1) is 12.1. The third kappa shape index (κ3) is 4.00.